The van der Waals surface area contributed by atoms with Crippen molar-refractivity contribution in [3.8, 4) is 0 Å². The lowest BCUT2D eigenvalue weighted by atomic mass is 9.71. The van der Waals surface area contributed by atoms with Crippen LogP contribution in [0.5, 0.6) is 0 Å². The van der Waals surface area contributed by atoms with Gasteiger partial charge in [-0.2, -0.15) is 5.10 Å². The number of nitrogens with zero attached hydrogens (tertiary/aromatic N) is 1. The average molecular weight is 277 g/mol. The molecule has 0 aliphatic heterocycles. The second-order valence-electron chi connectivity index (χ2n) is 5.41. The lowest BCUT2D eigenvalue weighted by Crippen LogP contribution is -2.49. The van der Waals surface area contributed by atoms with E-state index in [2.05, 4.69) is 15.5 Å². The Bertz CT molecular complexity index is 597. The standard InChI is InChI=1S/C15H17F2N3/c1-10-11(9-19-20-10)8-18-15(6-3-7-15)14-12(16)4-2-5-13(14)17/h2,4-5,9,18H,3,6-8H2,1H3,(H,19,20). The molecule has 3 rings (SSSR count). The molecule has 0 radical (unpaired) electrons. The Labute approximate surface area is 116 Å². The van der Waals surface area contributed by atoms with Crippen LogP contribution in [0.3, 0.4) is 0 Å². The normalized spacial score (nSPS) is 16.9. The molecule has 0 bridgehead atoms. The van der Waals surface area contributed by atoms with Gasteiger partial charge in [0.15, 0.2) is 0 Å². The average Bonchev–Trinajstić information content (AvgIpc) is 2.76. The zero-order chi connectivity index (χ0) is 14.2. The van der Waals surface area contributed by atoms with Gasteiger partial charge in [-0.3, -0.25) is 5.10 Å². The number of aromatic nitrogens is 2. The van der Waals surface area contributed by atoms with Crippen molar-refractivity contribution in [1.29, 1.82) is 0 Å². The molecule has 1 fully saturated rings. The molecule has 3 nitrogen and oxygen atoms in total. The predicted octanol–water partition coefficient (Wildman–Crippen LogP) is 3.17. The fraction of sp³-hybridized carbons (Fsp3) is 0.400. The highest BCUT2D eigenvalue weighted by molar-refractivity contribution is 5.31. The summed E-state index contributed by atoms with van der Waals surface area (Å²) in [5.74, 6) is -0.942. The molecule has 1 saturated carbocycles. The molecule has 106 valence electrons. The largest absolute Gasteiger partial charge is 0.303 e. The minimum absolute atomic E-state index is 0.174. The lowest BCUT2D eigenvalue weighted by Gasteiger charge is -2.43. The van der Waals surface area contributed by atoms with E-state index < -0.39 is 17.2 Å². The lowest BCUT2D eigenvalue weighted by molar-refractivity contribution is 0.170. The number of aryl methyl sites for hydroxylation is 1. The minimum atomic E-state index is -0.584. The SMILES string of the molecule is Cc1[nH]ncc1CNC1(c2c(F)cccc2F)CCC1. The summed E-state index contributed by atoms with van der Waals surface area (Å²) in [4.78, 5) is 0. The van der Waals surface area contributed by atoms with Crippen LogP contribution in [0, 0.1) is 18.6 Å². The molecular formula is C15H17F2N3. The van der Waals surface area contributed by atoms with Crippen LogP contribution >= 0.6 is 0 Å². The molecule has 0 saturated heterocycles. The number of rotatable bonds is 4. The number of hydrogen-bond acceptors (Lipinski definition) is 2. The van der Waals surface area contributed by atoms with Gasteiger partial charge in [-0.25, -0.2) is 8.78 Å². The van der Waals surface area contributed by atoms with E-state index in [-0.39, 0.29) is 5.56 Å². The quantitative estimate of drug-likeness (QED) is 0.901. The number of aromatic amines is 1. The summed E-state index contributed by atoms with van der Waals surface area (Å²) in [5.41, 5.74) is 1.58. The summed E-state index contributed by atoms with van der Waals surface area (Å²) in [6.07, 6.45) is 4.22. The van der Waals surface area contributed by atoms with Gasteiger partial charge in [0, 0.05) is 28.9 Å². The zero-order valence-corrected chi connectivity index (χ0v) is 11.3. The van der Waals surface area contributed by atoms with Crippen molar-refractivity contribution in [2.45, 2.75) is 38.3 Å². The van der Waals surface area contributed by atoms with Crippen molar-refractivity contribution < 1.29 is 8.78 Å². The highest BCUT2D eigenvalue weighted by Gasteiger charge is 2.42. The topological polar surface area (TPSA) is 40.7 Å². The number of H-pyrrole nitrogens is 1. The molecule has 1 aromatic carbocycles. The monoisotopic (exact) mass is 277 g/mol. The number of nitrogens with one attached hydrogen (secondary N) is 2. The van der Waals surface area contributed by atoms with Gasteiger partial charge in [0.25, 0.3) is 0 Å². The maximum atomic E-state index is 14.0. The predicted molar refractivity (Wildman–Crippen MR) is 72.1 cm³/mol. The van der Waals surface area contributed by atoms with Gasteiger partial charge in [0.2, 0.25) is 0 Å². The summed E-state index contributed by atoms with van der Waals surface area (Å²) in [7, 11) is 0. The molecule has 1 heterocycles. The van der Waals surface area contributed by atoms with Crippen molar-refractivity contribution in [3.05, 3.63) is 52.9 Å². The second-order valence-corrected chi connectivity index (χ2v) is 5.41. The molecule has 1 aromatic heterocycles. The Morgan fingerprint density at radius 1 is 1.30 bits per heavy atom. The van der Waals surface area contributed by atoms with Gasteiger partial charge in [0.05, 0.1) is 6.20 Å². The summed E-state index contributed by atoms with van der Waals surface area (Å²) in [6.45, 7) is 2.48. The van der Waals surface area contributed by atoms with Crippen molar-refractivity contribution >= 4 is 0 Å². The van der Waals surface area contributed by atoms with Crippen molar-refractivity contribution in [1.82, 2.24) is 15.5 Å². The van der Waals surface area contributed by atoms with Crippen LogP contribution in [0.4, 0.5) is 8.78 Å². The van der Waals surface area contributed by atoms with Crippen LogP contribution in [0.25, 0.3) is 0 Å². The van der Waals surface area contributed by atoms with E-state index in [1.807, 2.05) is 6.92 Å². The highest BCUT2D eigenvalue weighted by Crippen LogP contribution is 2.43. The Morgan fingerprint density at radius 2 is 2.00 bits per heavy atom. The second kappa shape index (κ2) is 4.98. The molecule has 2 N–H and O–H groups in total. The summed E-state index contributed by atoms with van der Waals surface area (Å²) < 4.78 is 28.0. The van der Waals surface area contributed by atoms with Gasteiger partial charge in [-0.05, 0) is 38.3 Å². The van der Waals surface area contributed by atoms with E-state index in [4.69, 9.17) is 0 Å². The number of hydrogen-bond donors (Lipinski definition) is 2. The number of benzene rings is 1. The van der Waals surface area contributed by atoms with Gasteiger partial charge in [-0.1, -0.05) is 6.07 Å². The fourth-order valence-corrected chi connectivity index (χ4v) is 2.82. The van der Waals surface area contributed by atoms with Crippen molar-refractivity contribution in [2.75, 3.05) is 0 Å². The third kappa shape index (κ3) is 2.12. The van der Waals surface area contributed by atoms with Crippen molar-refractivity contribution in [2.24, 2.45) is 0 Å². The molecule has 2 aromatic rings. The first kappa shape index (κ1) is 13.2. The molecular weight excluding hydrogens is 260 g/mol. The van der Waals surface area contributed by atoms with Gasteiger partial charge in [-0.15, -0.1) is 0 Å². The van der Waals surface area contributed by atoms with Crippen LogP contribution in [-0.4, -0.2) is 10.2 Å². The molecule has 1 aliphatic rings. The summed E-state index contributed by atoms with van der Waals surface area (Å²) in [6, 6.07) is 4.05. The molecule has 0 atom stereocenters. The fourth-order valence-electron chi connectivity index (χ4n) is 2.82. The van der Waals surface area contributed by atoms with Crippen LogP contribution in [0.1, 0.15) is 36.1 Å². The molecule has 20 heavy (non-hydrogen) atoms. The van der Waals surface area contributed by atoms with E-state index in [1.165, 1.54) is 18.2 Å². The highest BCUT2D eigenvalue weighted by atomic mass is 19.1. The van der Waals surface area contributed by atoms with Gasteiger partial charge >= 0.3 is 0 Å². The van der Waals surface area contributed by atoms with E-state index in [0.717, 1.165) is 30.5 Å². The number of halogens is 2. The summed E-state index contributed by atoms with van der Waals surface area (Å²) >= 11 is 0. The zero-order valence-electron chi connectivity index (χ0n) is 11.3. The maximum Gasteiger partial charge on any atom is 0.131 e. The third-order valence-electron chi connectivity index (χ3n) is 4.20. The Morgan fingerprint density at radius 3 is 2.50 bits per heavy atom. The first-order chi connectivity index (χ1) is 9.62. The van der Waals surface area contributed by atoms with E-state index in [1.54, 1.807) is 6.20 Å². The van der Waals surface area contributed by atoms with Crippen LogP contribution in [-0.2, 0) is 12.1 Å². The maximum absolute atomic E-state index is 14.0. The summed E-state index contributed by atoms with van der Waals surface area (Å²) in [5, 5.41) is 10.2. The Hall–Kier alpha value is -1.75. The molecule has 1 aliphatic carbocycles. The van der Waals surface area contributed by atoms with Crippen molar-refractivity contribution in [3.63, 3.8) is 0 Å². The Balaban J connectivity index is 1.86. The first-order valence-electron chi connectivity index (χ1n) is 6.81. The Kier molecular flexibility index (Phi) is 3.30. The third-order valence-corrected chi connectivity index (χ3v) is 4.20. The molecule has 0 amide bonds. The smallest absolute Gasteiger partial charge is 0.131 e. The minimum Gasteiger partial charge on any atom is -0.303 e. The molecule has 0 spiro atoms. The van der Waals surface area contributed by atoms with Crippen LogP contribution in [0.15, 0.2) is 24.4 Å². The first-order valence-corrected chi connectivity index (χ1v) is 6.81. The van der Waals surface area contributed by atoms with Gasteiger partial charge in [0.1, 0.15) is 11.6 Å². The van der Waals surface area contributed by atoms with E-state index in [0.29, 0.717) is 6.54 Å². The van der Waals surface area contributed by atoms with E-state index in [9.17, 15) is 8.78 Å². The van der Waals surface area contributed by atoms with E-state index >= 15 is 0 Å². The molecule has 5 heteroatoms. The van der Waals surface area contributed by atoms with Crippen LogP contribution in [0.2, 0.25) is 0 Å². The molecule has 0 unspecified atom stereocenters. The van der Waals surface area contributed by atoms with Gasteiger partial charge < -0.3 is 5.32 Å². The van der Waals surface area contributed by atoms with Crippen LogP contribution < -0.4 is 5.32 Å².